The number of nitrogens with one attached hydrogen (secondary N) is 3. The minimum Gasteiger partial charge on any atom is -0.619 e. The lowest BCUT2D eigenvalue weighted by molar-refractivity contribution is -0.614. The summed E-state index contributed by atoms with van der Waals surface area (Å²) in [7, 11) is 8.69. The standard InChI is InChI=1S/C50H60Cl2N8O8/c1-33(53-28-36-13-18-39(52)26-44(36)68-41-19-14-35(15-20-41)43-29-54-45(58(43)4)30-57(2)3)47(62)55-42(31-66-5)48(63)56-50(27-34-11-16-38(51)17-12-34)21-9-22-59(32-50)49(64)37(25-46(61)67-6)24-40-10-7-8-23-60(40)65/h7-8,10-20,23,26,29,33,37,42,53H,9,21-22,24-25,27-28,30-32H2,1-6H3,(H,55,62)(H,56,63). The molecule has 3 N–H and O–H groups in total. The number of rotatable bonds is 21. The number of hydrogen-bond acceptors (Lipinski definition) is 11. The number of methoxy groups -OCH3 is 2. The summed E-state index contributed by atoms with van der Waals surface area (Å²) in [4.78, 5) is 63.4. The number of imidazole rings is 1. The Bertz CT molecular complexity index is 2520. The molecule has 3 aromatic carbocycles. The van der Waals surface area contributed by atoms with Crippen LogP contribution in [0.25, 0.3) is 11.3 Å². The number of carbonyl (C=O) groups excluding carboxylic acids is 4. The zero-order valence-corrected chi connectivity index (χ0v) is 40.8. The Morgan fingerprint density at radius 1 is 0.971 bits per heavy atom. The molecule has 2 aromatic heterocycles. The van der Waals surface area contributed by atoms with Crippen LogP contribution in [0.2, 0.25) is 10.0 Å². The molecule has 0 bridgehead atoms. The molecular formula is C50H60Cl2N8O8. The second-order valence-corrected chi connectivity index (χ2v) is 18.4. The van der Waals surface area contributed by atoms with Crippen molar-refractivity contribution in [3.63, 3.8) is 0 Å². The molecule has 4 unspecified atom stereocenters. The summed E-state index contributed by atoms with van der Waals surface area (Å²) in [5.41, 5.74) is 2.89. The predicted molar refractivity (Wildman–Crippen MR) is 259 cm³/mol. The lowest BCUT2D eigenvalue weighted by Gasteiger charge is -2.45. The first kappa shape index (κ1) is 51.4. The van der Waals surface area contributed by atoms with Gasteiger partial charge in [-0.15, -0.1) is 0 Å². The Labute approximate surface area is 407 Å². The van der Waals surface area contributed by atoms with Crippen LogP contribution in [0.5, 0.6) is 11.5 Å². The molecule has 0 saturated carbocycles. The van der Waals surface area contributed by atoms with Gasteiger partial charge in [0.05, 0.1) is 56.1 Å². The molecule has 1 fully saturated rings. The highest BCUT2D eigenvalue weighted by Crippen LogP contribution is 2.32. The molecule has 1 saturated heterocycles. The Kier molecular flexibility index (Phi) is 18.0. The molecule has 3 heterocycles. The van der Waals surface area contributed by atoms with Crippen LogP contribution in [0.3, 0.4) is 0 Å². The second-order valence-electron chi connectivity index (χ2n) is 17.5. The minimum absolute atomic E-state index is 0.00541. The van der Waals surface area contributed by atoms with Gasteiger partial charge in [-0.2, -0.15) is 4.73 Å². The molecule has 4 atom stereocenters. The Balaban J connectivity index is 1.14. The van der Waals surface area contributed by atoms with Crippen molar-refractivity contribution in [2.24, 2.45) is 13.0 Å². The largest absolute Gasteiger partial charge is 0.619 e. The normalized spacial score (nSPS) is 16.2. The van der Waals surface area contributed by atoms with Gasteiger partial charge in [0.25, 0.3) is 0 Å². The molecule has 18 heteroatoms. The molecule has 0 aliphatic carbocycles. The zero-order valence-electron chi connectivity index (χ0n) is 39.3. The molecule has 0 radical (unpaired) electrons. The number of ether oxygens (including phenoxy) is 3. The van der Waals surface area contributed by atoms with Crippen molar-refractivity contribution in [2.45, 2.75) is 69.7 Å². The molecular weight excluding hydrogens is 912 g/mol. The Morgan fingerprint density at radius 2 is 1.71 bits per heavy atom. The molecule has 6 rings (SSSR count). The van der Waals surface area contributed by atoms with E-state index in [1.165, 1.54) is 20.4 Å². The first-order valence-corrected chi connectivity index (χ1v) is 23.2. The van der Waals surface area contributed by atoms with Crippen molar-refractivity contribution in [1.29, 1.82) is 0 Å². The number of pyridine rings is 1. The van der Waals surface area contributed by atoms with Gasteiger partial charge < -0.3 is 49.7 Å². The molecule has 3 amide bonds. The second kappa shape index (κ2) is 23.8. The molecule has 5 aromatic rings. The number of nitrogens with zero attached hydrogens (tertiary/aromatic N) is 5. The maximum Gasteiger partial charge on any atom is 0.306 e. The van der Waals surface area contributed by atoms with Gasteiger partial charge in [0, 0.05) is 73.5 Å². The van der Waals surface area contributed by atoms with Crippen LogP contribution < -0.4 is 25.4 Å². The third-order valence-electron chi connectivity index (χ3n) is 12.0. The Morgan fingerprint density at radius 3 is 2.40 bits per heavy atom. The average Bonchev–Trinajstić information content (AvgIpc) is 3.67. The monoisotopic (exact) mass is 970 g/mol. The number of carbonyl (C=O) groups is 4. The molecule has 362 valence electrons. The van der Waals surface area contributed by atoms with Gasteiger partial charge in [-0.05, 0) is 94.4 Å². The van der Waals surface area contributed by atoms with E-state index in [-0.39, 0.29) is 38.4 Å². The first-order chi connectivity index (χ1) is 32.6. The molecule has 68 heavy (non-hydrogen) atoms. The number of aromatic nitrogens is 3. The highest BCUT2D eigenvalue weighted by molar-refractivity contribution is 6.31. The Hall–Kier alpha value is -6.04. The molecule has 1 aliphatic heterocycles. The van der Waals surface area contributed by atoms with Crippen molar-refractivity contribution in [3.05, 3.63) is 135 Å². The topological polar surface area (TPSA) is 183 Å². The smallest absolute Gasteiger partial charge is 0.306 e. The SMILES string of the molecule is COCC(NC(=O)C(C)NCc1ccc(Cl)cc1Oc1ccc(-c2cnc(CN(C)C)n2C)cc1)C(=O)NC1(Cc2ccc(Cl)cc2)CCCN(C(=O)C(CC(=O)OC)Cc2cccc[n+]2[O-])C1. The third kappa shape index (κ3) is 13.8. The van der Waals surface area contributed by atoms with Gasteiger partial charge in [-0.1, -0.05) is 47.5 Å². The van der Waals surface area contributed by atoms with Crippen molar-refractivity contribution in [3.8, 4) is 22.8 Å². The van der Waals surface area contributed by atoms with E-state index in [0.717, 1.165) is 28.2 Å². The molecule has 16 nitrogen and oxygen atoms in total. The zero-order chi connectivity index (χ0) is 49.0. The first-order valence-electron chi connectivity index (χ1n) is 22.4. The predicted octanol–water partition coefficient (Wildman–Crippen LogP) is 5.63. The fourth-order valence-electron chi connectivity index (χ4n) is 8.35. The van der Waals surface area contributed by atoms with Crippen molar-refractivity contribution in [2.75, 3.05) is 48.0 Å². The van der Waals surface area contributed by atoms with Crippen LogP contribution in [-0.2, 0) is 61.6 Å². The van der Waals surface area contributed by atoms with Gasteiger partial charge in [-0.25, -0.2) is 4.98 Å². The van der Waals surface area contributed by atoms with E-state index in [2.05, 4.69) is 30.4 Å². The van der Waals surface area contributed by atoms with Gasteiger partial charge >= 0.3 is 5.97 Å². The van der Waals surface area contributed by atoms with Gasteiger partial charge in [0.1, 0.15) is 23.4 Å². The van der Waals surface area contributed by atoms with E-state index < -0.39 is 41.3 Å². The average molecular weight is 972 g/mol. The quantitative estimate of drug-likeness (QED) is 0.0471. The van der Waals surface area contributed by atoms with Crippen LogP contribution in [0.1, 0.15) is 48.8 Å². The molecule has 0 spiro atoms. The van der Waals surface area contributed by atoms with E-state index in [9.17, 15) is 24.4 Å². The summed E-state index contributed by atoms with van der Waals surface area (Å²) < 4.78 is 19.4. The highest BCUT2D eigenvalue weighted by atomic mass is 35.5. The van der Waals surface area contributed by atoms with Crippen molar-refractivity contribution >= 4 is 46.9 Å². The van der Waals surface area contributed by atoms with E-state index in [1.807, 2.05) is 69.8 Å². The summed E-state index contributed by atoms with van der Waals surface area (Å²) in [6.07, 6.45) is 4.30. The van der Waals surface area contributed by atoms with Crippen LogP contribution in [0, 0.1) is 11.1 Å². The van der Waals surface area contributed by atoms with E-state index in [0.29, 0.717) is 64.3 Å². The van der Waals surface area contributed by atoms with Gasteiger partial charge in [-0.3, -0.25) is 19.2 Å². The van der Waals surface area contributed by atoms with Crippen LogP contribution in [0.4, 0.5) is 0 Å². The number of amides is 3. The van der Waals surface area contributed by atoms with E-state index >= 15 is 0 Å². The minimum atomic E-state index is -1.11. The van der Waals surface area contributed by atoms with Gasteiger partial charge in [0.15, 0.2) is 11.9 Å². The number of halogens is 2. The maximum absolute atomic E-state index is 14.4. The fraction of sp³-hybridized carbons (Fsp3) is 0.400. The fourth-order valence-corrected chi connectivity index (χ4v) is 8.64. The number of piperidine rings is 1. The number of benzene rings is 3. The van der Waals surface area contributed by atoms with Crippen LogP contribution in [-0.4, -0.2) is 109 Å². The summed E-state index contributed by atoms with van der Waals surface area (Å²) in [5.74, 6) is -0.740. The summed E-state index contributed by atoms with van der Waals surface area (Å²) in [5, 5.41) is 23.0. The highest BCUT2D eigenvalue weighted by Gasteiger charge is 2.42. The number of likely N-dealkylation sites (tertiary alicyclic amines) is 1. The van der Waals surface area contributed by atoms with Crippen LogP contribution >= 0.6 is 23.2 Å². The maximum atomic E-state index is 14.4. The van der Waals surface area contributed by atoms with Crippen LogP contribution in [0.15, 0.2) is 97.3 Å². The number of esters is 1. The summed E-state index contributed by atoms with van der Waals surface area (Å²) >= 11 is 12.7. The summed E-state index contributed by atoms with van der Waals surface area (Å²) in [6.45, 7) is 2.95. The van der Waals surface area contributed by atoms with E-state index in [1.54, 1.807) is 54.3 Å². The van der Waals surface area contributed by atoms with Crippen molar-refractivity contribution < 1.29 is 38.1 Å². The van der Waals surface area contributed by atoms with Gasteiger partial charge in [0.2, 0.25) is 17.7 Å². The molecule has 1 aliphatic rings. The van der Waals surface area contributed by atoms with E-state index in [4.69, 9.17) is 37.4 Å². The lowest BCUT2D eigenvalue weighted by atomic mass is 9.82. The van der Waals surface area contributed by atoms with Crippen molar-refractivity contribution in [1.82, 2.24) is 35.3 Å². The number of hydrogen-bond donors (Lipinski definition) is 3. The lowest BCUT2D eigenvalue weighted by Crippen LogP contribution is -2.65. The third-order valence-corrected chi connectivity index (χ3v) is 12.5. The summed E-state index contributed by atoms with van der Waals surface area (Å²) in [6, 6.07) is 23.2.